The van der Waals surface area contributed by atoms with Crippen molar-refractivity contribution in [1.29, 1.82) is 0 Å². The van der Waals surface area contributed by atoms with Crippen LogP contribution in [0.25, 0.3) is 22.6 Å². The summed E-state index contributed by atoms with van der Waals surface area (Å²) in [5.74, 6) is 0.487. The van der Waals surface area contributed by atoms with E-state index in [1.54, 1.807) is 6.07 Å². The molecule has 6 nitrogen and oxygen atoms in total. The smallest absolute Gasteiger partial charge is 0.278 e. The van der Waals surface area contributed by atoms with E-state index in [0.717, 1.165) is 4.47 Å². The summed E-state index contributed by atoms with van der Waals surface area (Å²) in [6.45, 7) is 0. The van der Waals surface area contributed by atoms with E-state index in [1.807, 2.05) is 12.1 Å². The number of halogens is 2. The van der Waals surface area contributed by atoms with E-state index in [1.165, 1.54) is 0 Å². The first-order valence-electron chi connectivity index (χ1n) is 5.26. The van der Waals surface area contributed by atoms with E-state index in [9.17, 15) is 4.79 Å². The van der Waals surface area contributed by atoms with Crippen LogP contribution >= 0.6 is 27.5 Å². The van der Waals surface area contributed by atoms with Crippen molar-refractivity contribution in [1.82, 2.24) is 19.9 Å². The summed E-state index contributed by atoms with van der Waals surface area (Å²) in [5.41, 5.74) is 6.30. The van der Waals surface area contributed by atoms with Crippen molar-refractivity contribution in [2.24, 2.45) is 0 Å². The summed E-state index contributed by atoms with van der Waals surface area (Å²) >= 11 is 9.52. The van der Waals surface area contributed by atoms with Crippen LogP contribution in [-0.2, 0) is 0 Å². The Morgan fingerprint density at radius 1 is 1.26 bits per heavy atom. The number of fused-ring (bicyclic) bond motifs is 1. The number of anilines is 1. The van der Waals surface area contributed by atoms with Gasteiger partial charge in [0.05, 0.1) is 5.02 Å². The van der Waals surface area contributed by atoms with Gasteiger partial charge >= 0.3 is 0 Å². The molecule has 96 valence electrons. The Balaban J connectivity index is 2.30. The van der Waals surface area contributed by atoms with Gasteiger partial charge < -0.3 is 10.7 Å². The Morgan fingerprint density at radius 2 is 2.05 bits per heavy atom. The number of nitrogen functional groups attached to an aromatic ring is 1. The Bertz CT molecular complexity index is 841. The molecular weight excluding hydrogens is 334 g/mol. The highest BCUT2D eigenvalue weighted by Crippen LogP contribution is 2.32. The van der Waals surface area contributed by atoms with Crippen molar-refractivity contribution in [3.8, 4) is 11.4 Å². The molecule has 4 N–H and O–H groups in total. The molecule has 0 aliphatic heterocycles. The number of nitrogens with one attached hydrogen (secondary N) is 2. The number of imidazole rings is 1. The number of H-pyrrole nitrogens is 2. The number of benzene rings is 1. The van der Waals surface area contributed by atoms with E-state index in [-0.39, 0.29) is 22.7 Å². The number of nitrogens with zero attached hydrogens (tertiary/aromatic N) is 2. The highest BCUT2D eigenvalue weighted by Gasteiger charge is 2.13. The van der Waals surface area contributed by atoms with Gasteiger partial charge in [-0.2, -0.15) is 4.98 Å². The van der Waals surface area contributed by atoms with Crippen LogP contribution in [0.3, 0.4) is 0 Å². The molecule has 8 heteroatoms. The molecule has 0 atom stereocenters. The summed E-state index contributed by atoms with van der Waals surface area (Å²) in [5, 5.41) is 0.506. The zero-order chi connectivity index (χ0) is 13.6. The molecule has 0 bridgehead atoms. The van der Waals surface area contributed by atoms with E-state index in [2.05, 4.69) is 35.9 Å². The zero-order valence-corrected chi connectivity index (χ0v) is 11.7. The predicted molar refractivity (Wildman–Crippen MR) is 77.1 cm³/mol. The molecule has 0 aliphatic rings. The molecule has 0 amide bonds. The van der Waals surface area contributed by atoms with Gasteiger partial charge in [0, 0.05) is 10.0 Å². The first-order valence-corrected chi connectivity index (χ1v) is 6.43. The quantitative estimate of drug-likeness (QED) is 0.633. The van der Waals surface area contributed by atoms with Crippen molar-refractivity contribution in [2.75, 3.05) is 5.73 Å². The Morgan fingerprint density at radius 3 is 2.84 bits per heavy atom. The molecule has 0 saturated heterocycles. The van der Waals surface area contributed by atoms with Crippen molar-refractivity contribution >= 4 is 44.6 Å². The maximum absolute atomic E-state index is 11.7. The molecular formula is C11H7BrClN5O. The van der Waals surface area contributed by atoms with Crippen molar-refractivity contribution < 1.29 is 0 Å². The molecule has 2 heterocycles. The molecule has 3 aromatic rings. The van der Waals surface area contributed by atoms with Crippen molar-refractivity contribution in [2.45, 2.75) is 0 Å². The average molecular weight is 341 g/mol. The lowest BCUT2D eigenvalue weighted by atomic mass is 10.2. The third kappa shape index (κ3) is 2.00. The van der Waals surface area contributed by atoms with Crippen molar-refractivity contribution in [3.05, 3.63) is 38.0 Å². The second kappa shape index (κ2) is 4.36. The normalized spacial score (nSPS) is 11.1. The number of hydrogen-bond acceptors (Lipinski definition) is 4. The molecule has 3 rings (SSSR count). The summed E-state index contributed by atoms with van der Waals surface area (Å²) < 4.78 is 0.744. The maximum Gasteiger partial charge on any atom is 0.278 e. The zero-order valence-electron chi connectivity index (χ0n) is 9.37. The highest BCUT2D eigenvalue weighted by atomic mass is 79.9. The van der Waals surface area contributed by atoms with E-state index < -0.39 is 0 Å². The van der Waals surface area contributed by atoms with Crippen LogP contribution in [-0.4, -0.2) is 19.9 Å². The number of rotatable bonds is 1. The van der Waals surface area contributed by atoms with Crippen LogP contribution in [0.4, 0.5) is 5.95 Å². The first kappa shape index (κ1) is 12.2. The largest absolute Gasteiger partial charge is 0.369 e. The third-order valence-corrected chi connectivity index (χ3v) is 3.88. The molecule has 0 spiro atoms. The lowest BCUT2D eigenvalue weighted by Crippen LogP contribution is -2.10. The fraction of sp³-hybridized carbons (Fsp3) is 0. The van der Waals surface area contributed by atoms with Crippen LogP contribution in [0.5, 0.6) is 0 Å². The third-order valence-electron chi connectivity index (χ3n) is 2.59. The van der Waals surface area contributed by atoms with E-state index in [4.69, 9.17) is 17.3 Å². The minimum Gasteiger partial charge on any atom is -0.369 e. The summed E-state index contributed by atoms with van der Waals surface area (Å²) in [6, 6.07) is 5.43. The molecule has 1 aromatic carbocycles. The maximum atomic E-state index is 11.7. The summed E-state index contributed by atoms with van der Waals surface area (Å²) in [4.78, 5) is 25.2. The summed E-state index contributed by atoms with van der Waals surface area (Å²) in [6.07, 6.45) is 0. The van der Waals surface area contributed by atoms with Crippen LogP contribution in [0.1, 0.15) is 0 Å². The van der Waals surface area contributed by atoms with Gasteiger partial charge in [-0.15, -0.1) is 0 Å². The number of aromatic nitrogens is 4. The molecule has 0 unspecified atom stereocenters. The van der Waals surface area contributed by atoms with Gasteiger partial charge in [0.15, 0.2) is 11.2 Å². The fourth-order valence-electron chi connectivity index (χ4n) is 1.74. The molecule has 0 fully saturated rings. The number of nitrogens with two attached hydrogens (primary N) is 1. The molecule has 19 heavy (non-hydrogen) atoms. The molecule has 2 aromatic heterocycles. The van der Waals surface area contributed by atoms with E-state index >= 15 is 0 Å². The number of aromatic amines is 2. The first-order chi connectivity index (χ1) is 9.06. The number of hydrogen-bond donors (Lipinski definition) is 3. The van der Waals surface area contributed by atoms with Gasteiger partial charge in [0.1, 0.15) is 5.82 Å². The average Bonchev–Trinajstić information content (AvgIpc) is 2.76. The van der Waals surface area contributed by atoms with Crippen LogP contribution in [0, 0.1) is 0 Å². The fourth-order valence-corrected chi connectivity index (χ4v) is 2.32. The van der Waals surface area contributed by atoms with Gasteiger partial charge in [-0.05, 0) is 28.1 Å². The Kier molecular flexibility index (Phi) is 2.79. The Hall–Kier alpha value is -1.86. The van der Waals surface area contributed by atoms with Crippen molar-refractivity contribution in [3.63, 3.8) is 0 Å². The highest BCUT2D eigenvalue weighted by molar-refractivity contribution is 9.10. The Labute approximate surface area is 120 Å². The topological polar surface area (TPSA) is 100 Å². The predicted octanol–water partition coefficient (Wildman–Crippen LogP) is 2.31. The van der Waals surface area contributed by atoms with Crippen LogP contribution in [0.2, 0.25) is 5.02 Å². The standard InChI is InChI=1S/C11H7BrClN5O/c12-5-3-1-2-4(6(5)13)8-15-7-9(16-8)17-11(14)18-10(7)19/h1-3H,(H4,14,15,16,17,18,19). The lowest BCUT2D eigenvalue weighted by molar-refractivity contribution is 1.17. The van der Waals surface area contributed by atoms with Gasteiger partial charge in [0.2, 0.25) is 5.95 Å². The second-order valence-electron chi connectivity index (χ2n) is 3.84. The van der Waals surface area contributed by atoms with Crippen LogP contribution in [0.15, 0.2) is 27.5 Å². The van der Waals surface area contributed by atoms with Gasteiger partial charge in [-0.25, -0.2) is 4.98 Å². The van der Waals surface area contributed by atoms with Gasteiger partial charge in [-0.1, -0.05) is 17.7 Å². The van der Waals surface area contributed by atoms with Gasteiger partial charge in [0.25, 0.3) is 5.56 Å². The minimum atomic E-state index is -0.368. The molecule has 0 aliphatic carbocycles. The molecule has 0 saturated carbocycles. The van der Waals surface area contributed by atoms with Gasteiger partial charge in [-0.3, -0.25) is 9.78 Å². The lowest BCUT2D eigenvalue weighted by Gasteiger charge is -2.01. The monoisotopic (exact) mass is 339 g/mol. The molecule has 0 radical (unpaired) electrons. The minimum absolute atomic E-state index is 0.0240. The SMILES string of the molecule is Nc1nc2nc(-c3cccc(Br)c3Cl)[nH]c2c(=O)[nH]1. The van der Waals surface area contributed by atoms with Crippen LogP contribution < -0.4 is 11.3 Å². The summed E-state index contributed by atoms with van der Waals surface area (Å²) in [7, 11) is 0. The second-order valence-corrected chi connectivity index (χ2v) is 5.07. The van der Waals surface area contributed by atoms with E-state index in [0.29, 0.717) is 16.4 Å².